The monoisotopic (exact) mass is 331 g/mol. The molecule has 0 spiro atoms. The van der Waals surface area contributed by atoms with Gasteiger partial charge in [-0.25, -0.2) is 4.68 Å². The van der Waals surface area contributed by atoms with E-state index in [1.165, 1.54) is 6.07 Å². The van der Waals surface area contributed by atoms with E-state index in [1.807, 2.05) is 24.3 Å². The summed E-state index contributed by atoms with van der Waals surface area (Å²) in [6.45, 7) is 0.959. The Labute approximate surface area is 140 Å². The number of ether oxygens (including phenoxy) is 2. The summed E-state index contributed by atoms with van der Waals surface area (Å²) in [6.07, 6.45) is 0.719. The van der Waals surface area contributed by atoms with Crippen molar-refractivity contribution in [2.75, 3.05) is 27.4 Å². The molecule has 128 valence electrons. The number of rotatable bonds is 8. The number of aromatic nitrogens is 2. The van der Waals surface area contributed by atoms with Crippen LogP contribution < -0.4 is 15.6 Å². The molecule has 0 saturated heterocycles. The summed E-state index contributed by atoms with van der Waals surface area (Å²) in [4.78, 5) is 23.8. The maximum Gasteiger partial charge on any atom is 0.267 e. The van der Waals surface area contributed by atoms with E-state index in [2.05, 4.69) is 10.4 Å². The van der Waals surface area contributed by atoms with Gasteiger partial charge in [0.15, 0.2) is 0 Å². The van der Waals surface area contributed by atoms with E-state index < -0.39 is 0 Å². The Kier molecular flexibility index (Phi) is 6.51. The number of carbonyl (C=O) groups excluding carboxylic acids is 1. The zero-order chi connectivity index (χ0) is 17.4. The first-order valence-corrected chi connectivity index (χ1v) is 7.62. The van der Waals surface area contributed by atoms with Crippen LogP contribution in [0.25, 0.3) is 11.3 Å². The summed E-state index contributed by atoms with van der Waals surface area (Å²) in [7, 11) is 3.20. The molecule has 0 unspecified atom stereocenters. The lowest BCUT2D eigenvalue weighted by Crippen LogP contribution is -2.34. The Hall–Kier alpha value is -2.67. The van der Waals surface area contributed by atoms with Crippen LogP contribution in [0.2, 0.25) is 0 Å². The highest BCUT2D eigenvalue weighted by atomic mass is 16.5. The molecule has 0 aliphatic heterocycles. The third kappa shape index (κ3) is 4.92. The maximum absolute atomic E-state index is 11.9. The molecule has 1 amide bonds. The van der Waals surface area contributed by atoms with Gasteiger partial charge in [-0.3, -0.25) is 9.59 Å². The smallest absolute Gasteiger partial charge is 0.267 e. The van der Waals surface area contributed by atoms with Crippen molar-refractivity contribution in [2.45, 2.75) is 13.0 Å². The topological polar surface area (TPSA) is 82.4 Å². The van der Waals surface area contributed by atoms with Crippen molar-refractivity contribution in [1.82, 2.24) is 15.1 Å². The van der Waals surface area contributed by atoms with E-state index >= 15 is 0 Å². The van der Waals surface area contributed by atoms with Gasteiger partial charge in [-0.15, -0.1) is 0 Å². The predicted molar refractivity (Wildman–Crippen MR) is 90.0 cm³/mol. The fourth-order valence-corrected chi connectivity index (χ4v) is 2.11. The van der Waals surface area contributed by atoms with Crippen molar-refractivity contribution in [3.63, 3.8) is 0 Å². The molecule has 1 aromatic carbocycles. The Balaban J connectivity index is 2.07. The molecule has 0 atom stereocenters. The zero-order valence-electron chi connectivity index (χ0n) is 13.8. The lowest BCUT2D eigenvalue weighted by molar-refractivity contribution is -0.121. The summed E-state index contributed by atoms with van der Waals surface area (Å²) in [5.74, 6) is 0.482. The molecule has 1 aromatic heterocycles. The standard InChI is InChI=1S/C17H21N3O4/c1-23-11-3-10-18-16(21)12-20-17(22)9-8-15(19-20)13-4-6-14(24-2)7-5-13/h4-9H,3,10-12H2,1-2H3,(H,18,21). The molecule has 2 rings (SSSR count). The second kappa shape index (κ2) is 8.83. The minimum Gasteiger partial charge on any atom is -0.497 e. The number of benzene rings is 1. The summed E-state index contributed by atoms with van der Waals surface area (Å²) in [5.41, 5.74) is 1.13. The molecule has 0 bridgehead atoms. The predicted octanol–water partition coefficient (Wildman–Crippen LogP) is 1.07. The fourth-order valence-electron chi connectivity index (χ4n) is 2.11. The van der Waals surface area contributed by atoms with Crippen LogP contribution in [0.5, 0.6) is 5.75 Å². The normalized spacial score (nSPS) is 10.4. The highest BCUT2D eigenvalue weighted by molar-refractivity contribution is 5.75. The van der Waals surface area contributed by atoms with Crippen LogP contribution in [0, 0.1) is 0 Å². The van der Waals surface area contributed by atoms with E-state index in [4.69, 9.17) is 9.47 Å². The Morgan fingerprint density at radius 1 is 1.17 bits per heavy atom. The largest absolute Gasteiger partial charge is 0.497 e. The molecule has 0 saturated carbocycles. The van der Waals surface area contributed by atoms with Gasteiger partial charge < -0.3 is 14.8 Å². The Morgan fingerprint density at radius 2 is 1.92 bits per heavy atom. The number of nitrogens with zero attached hydrogens (tertiary/aromatic N) is 2. The average molecular weight is 331 g/mol. The third-order valence-electron chi connectivity index (χ3n) is 3.39. The lowest BCUT2D eigenvalue weighted by atomic mass is 10.1. The van der Waals surface area contributed by atoms with Gasteiger partial charge in [-0.2, -0.15) is 5.10 Å². The molecule has 2 aromatic rings. The van der Waals surface area contributed by atoms with Crippen molar-refractivity contribution in [1.29, 1.82) is 0 Å². The molecule has 0 fully saturated rings. The number of nitrogens with one attached hydrogen (secondary N) is 1. The first-order chi connectivity index (χ1) is 11.6. The first kappa shape index (κ1) is 17.7. The van der Waals surface area contributed by atoms with Crippen LogP contribution in [0.3, 0.4) is 0 Å². The van der Waals surface area contributed by atoms with Gasteiger partial charge in [0.05, 0.1) is 12.8 Å². The van der Waals surface area contributed by atoms with E-state index in [0.717, 1.165) is 22.4 Å². The molecular formula is C17H21N3O4. The number of carbonyl (C=O) groups is 1. The van der Waals surface area contributed by atoms with E-state index in [9.17, 15) is 9.59 Å². The summed E-state index contributed by atoms with van der Waals surface area (Å²) >= 11 is 0. The van der Waals surface area contributed by atoms with Crippen LogP contribution in [-0.2, 0) is 16.1 Å². The van der Waals surface area contributed by atoms with E-state index in [1.54, 1.807) is 20.3 Å². The molecule has 0 radical (unpaired) electrons. The van der Waals surface area contributed by atoms with Crippen LogP contribution in [0.4, 0.5) is 0 Å². The van der Waals surface area contributed by atoms with Crippen molar-refractivity contribution in [3.05, 3.63) is 46.8 Å². The summed E-state index contributed by atoms with van der Waals surface area (Å²) < 4.78 is 11.2. The van der Waals surface area contributed by atoms with Crippen LogP contribution in [0.1, 0.15) is 6.42 Å². The van der Waals surface area contributed by atoms with Crippen LogP contribution in [-0.4, -0.2) is 43.1 Å². The Bertz CT molecular complexity index is 725. The number of hydrogen-bond acceptors (Lipinski definition) is 5. The second-order valence-electron chi connectivity index (χ2n) is 5.14. The molecule has 7 nitrogen and oxygen atoms in total. The van der Waals surface area contributed by atoms with E-state index in [0.29, 0.717) is 18.8 Å². The molecule has 24 heavy (non-hydrogen) atoms. The third-order valence-corrected chi connectivity index (χ3v) is 3.39. The number of hydrogen-bond donors (Lipinski definition) is 1. The molecule has 1 N–H and O–H groups in total. The van der Waals surface area contributed by atoms with Gasteiger partial charge in [-0.05, 0) is 36.8 Å². The van der Waals surface area contributed by atoms with Crippen molar-refractivity contribution >= 4 is 5.91 Å². The lowest BCUT2D eigenvalue weighted by Gasteiger charge is -2.08. The highest BCUT2D eigenvalue weighted by Gasteiger charge is 2.08. The summed E-state index contributed by atoms with van der Waals surface area (Å²) in [6, 6.07) is 10.4. The van der Waals surface area contributed by atoms with Gasteiger partial charge >= 0.3 is 0 Å². The summed E-state index contributed by atoms with van der Waals surface area (Å²) in [5, 5.41) is 6.99. The maximum atomic E-state index is 11.9. The quantitative estimate of drug-likeness (QED) is 0.732. The van der Waals surface area contributed by atoms with Gasteiger partial charge in [-0.1, -0.05) is 0 Å². The SMILES string of the molecule is COCCCNC(=O)Cn1nc(-c2ccc(OC)cc2)ccc1=O. The fraction of sp³-hybridized carbons (Fsp3) is 0.353. The van der Waals surface area contributed by atoms with Gasteiger partial charge in [0.2, 0.25) is 5.91 Å². The molecule has 1 heterocycles. The highest BCUT2D eigenvalue weighted by Crippen LogP contribution is 2.19. The van der Waals surface area contributed by atoms with Crippen LogP contribution in [0.15, 0.2) is 41.2 Å². The van der Waals surface area contributed by atoms with E-state index in [-0.39, 0.29) is 18.0 Å². The van der Waals surface area contributed by atoms with Crippen molar-refractivity contribution in [3.8, 4) is 17.0 Å². The minimum absolute atomic E-state index is 0.115. The second-order valence-corrected chi connectivity index (χ2v) is 5.14. The molecular weight excluding hydrogens is 310 g/mol. The number of amides is 1. The first-order valence-electron chi connectivity index (χ1n) is 7.62. The van der Waals surface area contributed by atoms with Crippen molar-refractivity contribution in [2.24, 2.45) is 0 Å². The minimum atomic E-state index is -0.320. The van der Waals surface area contributed by atoms with Gasteiger partial charge in [0, 0.05) is 31.9 Å². The van der Waals surface area contributed by atoms with Gasteiger partial charge in [0.25, 0.3) is 5.56 Å². The van der Waals surface area contributed by atoms with Crippen LogP contribution >= 0.6 is 0 Å². The van der Waals surface area contributed by atoms with Gasteiger partial charge in [0.1, 0.15) is 12.3 Å². The number of methoxy groups -OCH3 is 2. The zero-order valence-corrected chi connectivity index (χ0v) is 13.8. The molecule has 0 aliphatic carbocycles. The van der Waals surface area contributed by atoms with Crippen molar-refractivity contribution < 1.29 is 14.3 Å². The molecule has 0 aliphatic rings. The Morgan fingerprint density at radius 3 is 2.58 bits per heavy atom. The average Bonchev–Trinajstić information content (AvgIpc) is 2.61. The molecule has 7 heteroatoms.